The summed E-state index contributed by atoms with van der Waals surface area (Å²) in [4.78, 5) is 2.46. The second-order valence-corrected chi connectivity index (χ2v) is 4.43. The smallest absolute Gasteiger partial charge is 0.0412 e. The molecule has 1 aliphatic heterocycles. The van der Waals surface area contributed by atoms with Gasteiger partial charge in [-0.1, -0.05) is 24.3 Å². The van der Waals surface area contributed by atoms with Gasteiger partial charge in [0.15, 0.2) is 0 Å². The van der Waals surface area contributed by atoms with E-state index in [1.807, 2.05) is 6.08 Å². The highest BCUT2D eigenvalue weighted by Crippen LogP contribution is 2.23. The third-order valence-electron chi connectivity index (χ3n) is 3.07. The van der Waals surface area contributed by atoms with Crippen LogP contribution in [0.2, 0.25) is 0 Å². The molecule has 1 heterocycles. The van der Waals surface area contributed by atoms with Gasteiger partial charge in [0.2, 0.25) is 0 Å². The number of nitrogens with zero attached hydrogens (tertiary/aromatic N) is 1. The van der Waals surface area contributed by atoms with Gasteiger partial charge in [0, 0.05) is 31.4 Å². The first-order chi connectivity index (χ1) is 7.81. The second kappa shape index (κ2) is 5.17. The normalized spacial score (nSPS) is 20.1. The quantitative estimate of drug-likeness (QED) is 0.781. The summed E-state index contributed by atoms with van der Waals surface area (Å²) in [5.74, 6) is 0. The van der Waals surface area contributed by atoms with E-state index < -0.39 is 0 Å². The molecule has 0 saturated heterocycles. The predicted molar refractivity (Wildman–Crippen MR) is 69.8 cm³/mol. The summed E-state index contributed by atoms with van der Waals surface area (Å²) >= 11 is 0. The van der Waals surface area contributed by atoms with Crippen molar-refractivity contribution in [3.63, 3.8) is 0 Å². The van der Waals surface area contributed by atoms with Gasteiger partial charge >= 0.3 is 0 Å². The largest absolute Gasteiger partial charge is 0.369 e. The maximum atomic E-state index is 3.80. The van der Waals surface area contributed by atoms with E-state index in [0.29, 0.717) is 6.04 Å². The van der Waals surface area contributed by atoms with Crippen molar-refractivity contribution in [3.8, 4) is 0 Å². The van der Waals surface area contributed by atoms with E-state index in [4.69, 9.17) is 0 Å². The van der Waals surface area contributed by atoms with Crippen LogP contribution in [0.5, 0.6) is 0 Å². The zero-order valence-corrected chi connectivity index (χ0v) is 9.95. The molecule has 2 nitrogen and oxygen atoms in total. The topological polar surface area (TPSA) is 15.3 Å². The van der Waals surface area contributed by atoms with Gasteiger partial charge in [-0.15, -0.1) is 6.58 Å². The number of para-hydroxylation sites is 1. The summed E-state index contributed by atoms with van der Waals surface area (Å²) in [6.45, 7) is 9.15. The van der Waals surface area contributed by atoms with Crippen molar-refractivity contribution in [3.05, 3.63) is 42.5 Å². The maximum Gasteiger partial charge on any atom is 0.0412 e. The van der Waals surface area contributed by atoms with Crippen molar-refractivity contribution in [2.45, 2.75) is 25.9 Å². The van der Waals surface area contributed by atoms with E-state index in [2.05, 4.69) is 48.0 Å². The van der Waals surface area contributed by atoms with Crippen molar-refractivity contribution in [2.75, 3.05) is 18.0 Å². The number of hydrogen-bond acceptors (Lipinski definition) is 2. The van der Waals surface area contributed by atoms with Gasteiger partial charge in [-0.3, -0.25) is 0 Å². The van der Waals surface area contributed by atoms with Crippen LogP contribution in [0, 0.1) is 0 Å². The molecule has 1 aromatic carbocycles. The first kappa shape index (κ1) is 11.2. The predicted octanol–water partition coefficient (Wildman–Crippen LogP) is 2.56. The van der Waals surface area contributed by atoms with E-state index in [1.165, 1.54) is 11.3 Å². The minimum atomic E-state index is 0.539. The molecule has 0 bridgehead atoms. The average Bonchev–Trinajstić information content (AvgIpc) is 2.47. The van der Waals surface area contributed by atoms with Crippen LogP contribution >= 0.6 is 0 Å². The van der Waals surface area contributed by atoms with E-state index in [-0.39, 0.29) is 0 Å². The lowest BCUT2D eigenvalue weighted by Crippen LogP contribution is -2.36. The fraction of sp³-hybridized carbons (Fsp3) is 0.429. The zero-order chi connectivity index (χ0) is 11.4. The Morgan fingerprint density at radius 2 is 2.31 bits per heavy atom. The molecule has 0 aliphatic carbocycles. The van der Waals surface area contributed by atoms with Crippen LogP contribution in [0.15, 0.2) is 36.9 Å². The summed E-state index contributed by atoms with van der Waals surface area (Å²) in [6, 6.07) is 9.20. The van der Waals surface area contributed by atoms with Gasteiger partial charge in [-0.05, 0) is 25.0 Å². The third kappa shape index (κ3) is 2.45. The molecule has 2 rings (SSSR count). The molecule has 0 spiro atoms. The Labute approximate surface area is 98.0 Å². The molecule has 0 radical (unpaired) electrons. The Hall–Kier alpha value is -1.28. The van der Waals surface area contributed by atoms with Crippen LogP contribution in [-0.2, 0) is 6.54 Å². The van der Waals surface area contributed by atoms with Crippen LogP contribution < -0.4 is 10.2 Å². The molecule has 0 aromatic heterocycles. The van der Waals surface area contributed by atoms with Crippen molar-refractivity contribution in [2.24, 2.45) is 0 Å². The summed E-state index contributed by atoms with van der Waals surface area (Å²) in [7, 11) is 0. The monoisotopic (exact) mass is 216 g/mol. The molecule has 1 aliphatic rings. The molecule has 0 fully saturated rings. The van der Waals surface area contributed by atoms with Crippen LogP contribution in [0.4, 0.5) is 5.69 Å². The van der Waals surface area contributed by atoms with Gasteiger partial charge in [-0.25, -0.2) is 0 Å². The van der Waals surface area contributed by atoms with Crippen molar-refractivity contribution >= 4 is 5.69 Å². The number of rotatable bonds is 3. The Morgan fingerprint density at radius 1 is 1.50 bits per heavy atom. The highest BCUT2D eigenvalue weighted by atomic mass is 15.2. The number of nitrogens with one attached hydrogen (secondary N) is 1. The fourth-order valence-electron chi connectivity index (χ4n) is 2.21. The summed E-state index contributed by atoms with van der Waals surface area (Å²) in [6.07, 6.45) is 3.03. The lowest BCUT2D eigenvalue weighted by Gasteiger charge is -2.25. The lowest BCUT2D eigenvalue weighted by molar-refractivity contribution is 0.553. The highest BCUT2D eigenvalue weighted by Gasteiger charge is 2.17. The molecule has 2 heteroatoms. The van der Waals surface area contributed by atoms with Gasteiger partial charge in [0.05, 0.1) is 0 Å². The van der Waals surface area contributed by atoms with Gasteiger partial charge in [-0.2, -0.15) is 0 Å². The van der Waals surface area contributed by atoms with E-state index in [9.17, 15) is 0 Å². The second-order valence-electron chi connectivity index (χ2n) is 4.43. The van der Waals surface area contributed by atoms with Gasteiger partial charge in [0.1, 0.15) is 0 Å². The fourth-order valence-corrected chi connectivity index (χ4v) is 2.21. The minimum Gasteiger partial charge on any atom is -0.369 e. The Morgan fingerprint density at radius 3 is 3.12 bits per heavy atom. The zero-order valence-electron chi connectivity index (χ0n) is 9.95. The number of fused-ring (bicyclic) bond motifs is 1. The molecule has 1 unspecified atom stereocenters. The summed E-state index contributed by atoms with van der Waals surface area (Å²) in [5.41, 5.74) is 2.78. The SMILES string of the molecule is C=CCCN1CC(C)NCc2ccccc21. The lowest BCUT2D eigenvalue weighted by atomic mass is 10.1. The van der Waals surface area contributed by atoms with E-state index in [1.54, 1.807) is 0 Å². The Balaban J connectivity index is 2.23. The number of hydrogen-bond donors (Lipinski definition) is 1. The van der Waals surface area contributed by atoms with Crippen LogP contribution in [0.3, 0.4) is 0 Å². The third-order valence-corrected chi connectivity index (χ3v) is 3.07. The molecule has 0 amide bonds. The molecule has 0 saturated carbocycles. The summed E-state index contributed by atoms with van der Waals surface area (Å²) < 4.78 is 0. The highest BCUT2D eigenvalue weighted by molar-refractivity contribution is 5.54. The van der Waals surface area contributed by atoms with Crippen LogP contribution in [-0.4, -0.2) is 19.1 Å². The van der Waals surface area contributed by atoms with E-state index in [0.717, 1.165) is 26.1 Å². The first-order valence-electron chi connectivity index (χ1n) is 5.98. The Bertz CT molecular complexity index is 360. The number of benzene rings is 1. The van der Waals surface area contributed by atoms with Crippen LogP contribution in [0.1, 0.15) is 18.9 Å². The minimum absolute atomic E-state index is 0.539. The molecule has 16 heavy (non-hydrogen) atoms. The molecular formula is C14H20N2. The molecule has 1 aromatic rings. The molecule has 1 atom stereocenters. The first-order valence-corrected chi connectivity index (χ1v) is 5.98. The summed E-state index contributed by atoms with van der Waals surface area (Å²) in [5, 5.41) is 3.54. The van der Waals surface area contributed by atoms with E-state index >= 15 is 0 Å². The Kier molecular flexibility index (Phi) is 3.62. The average molecular weight is 216 g/mol. The van der Waals surface area contributed by atoms with Crippen molar-refractivity contribution in [1.82, 2.24) is 5.32 Å². The standard InChI is InChI=1S/C14H20N2/c1-3-4-9-16-11-12(2)15-10-13-7-5-6-8-14(13)16/h3,5-8,12,15H,1,4,9-11H2,2H3. The van der Waals surface area contributed by atoms with Gasteiger partial charge < -0.3 is 10.2 Å². The van der Waals surface area contributed by atoms with Crippen LogP contribution in [0.25, 0.3) is 0 Å². The van der Waals surface area contributed by atoms with Crippen molar-refractivity contribution < 1.29 is 0 Å². The maximum absolute atomic E-state index is 3.80. The molecule has 1 N–H and O–H groups in total. The van der Waals surface area contributed by atoms with Crippen molar-refractivity contribution in [1.29, 1.82) is 0 Å². The molecule has 86 valence electrons. The number of anilines is 1. The molecular weight excluding hydrogens is 196 g/mol. The van der Waals surface area contributed by atoms with Gasteiger partial charge in [0.25, 0.3) is 0 Å².